The zero-order valence-electron chi connectivity index (χ0n) is 15.6. The lowest BCUT2D eigenvalue weighted by Gasteiger charge is -2.29. The summed E-state index contributed by atoms with van der Waals surface area (Å²) < 4.78 is 31.8. The standard InChI is InChI=1S/C18H27N3O4S2/c1-14-4-2-3-5-16(14)20-17(22)13-26-18-7-6-15(12-19-18)27(23,24)21-8-10-25-11-9-21/h6-7,12,14,16H,2-5,8-11,13H2,1H3,(H,20,22)/t14-,16+/m1/s1. The zero-order valence-corrected chi connectivity index (χ0v) is 17.2. The van der Waals surface area contributed by atoms with E-state index in [1.165, 1.54) is 41.5 Å². The van der Waals surface area contributed by atoms with Gasteiger partial charge in [-0.15, -0.1) is 0 Å². The van der Waals surface area contributed by atoms with Gasteiger partial charge in [0.2, 0.25) is 15.9 Å². The number of carbonyl (C=O) groups is 1. The van der Waals surface area contributed by atoms with Gasteiger partial charge in [-0.2, -0.15) is 4.31 Å². The van der Waals surface area contributed by atoms with Crippen molar-refractivity contribution >= 4 is 27.7 Å². The molecule has 0 unspecified atom stereocenters. The van der Waals surface area contributed by atoms with E-state index in [1.807, 2.05) is 0 Å². The fourth-order valence-corrected chi connectivity index (χ4v) is 5.47. The van der Waals surface area contributed by atoms with Crippen molar-refractivity contribution in [1.82, 2.24) is 14.6 Å². The van der Waals surface area contributed by atoms with Gasteiger partial charge in [0, 0.05) is 25.3 Å². The van der Waals surface area contributed by atoms with Gasteiger partial charge in [0.25, 0.3) is 0 Å². The van der Waals surface area contributed by atoms with Gasteiger partial charge in [0.1, 0.15) is 4.90 Å². The van der Waals surface area contributed by atoms with Crippen LogP contribution < -0.4 is 5.32 Å². The quantitative estimate of drug-likeness (QED) is 0.717. The lowest BCUT2D eigenvalue weighted by atomic mass is 9.86. The Kier molecular flexibility index (Phi) is 7.13. The van der Waals surface area contributed by atoms with Crippen LogP contribution in [0.1, 0.15) is 32.6 Å². The molecule has 2 aliphatic rings. The van der Waals surface area contributed by atoms with Gasteiger partial charge in [0.15, 0.2) is 0 Å². The van der Waals surface area contributed by atoms with Crippen molar-refractivity contribution in [3.05, 3.63) is 18.3 Å². The van der Waals surface area contributed by atoms with Crippen LogP contribution in [-0.2, 0) is 19.6 Å². The smallest absolute Gasteiger partial charge is 0.244 e. The van der Waals surface area contributed by atoms with Crippen LogP contribution in [0.25, 0.3) is 0 Å². The van der Waals surface area contributed by atoms with Crippen molar-refractivity contribution in [2.24, 2.45) is 5.92 Å². The predicted molar refractivity (Wildman–Crippen MR) is 104 cm³/mol. The summed E-state index contributed by atoms with van der Waals surface area (Å²) in [5.41, 5.74) is 0. The first kappa shape index (κ1) is 20.6. The Morgan fingerprint density at radius 3 is 2.70 bits per heavy atom. The molecule has 3 rings (SSSR count). The second-order valence-electron chi connectivity index (χ2n) is 7.07. The molecule has 1 saturated carbocycles. The summed E-state index contributed by atoms with van der Waals surface area (Å²) >= 11 is 1.32. The van der Waals surface area contributed by atoms with E-state index < -0.39 is 10.0 Å². The topological polar surface area (TPSA) is 88.6 Å². The number of thioether (sulfide) groups is 1. The Morgan fingerprint density at radius 2 is 2.04 bits per heavy atom. The molecule has 7 nitrogen and oxygen atoms in total. The summed E-state index contributed by atoms with van der Waals surface area (Å²) in [5, 5.41) is 3.76. The number of morpholine rings is 1. The third kappa shape index (κ3) is 5.43. The maximum atomic E-state index is 12.6. The van der Waals surface area contributed by atoms with Crippen molar-refractivity contribution in [2.75, 3.05) is 32.1 Å². The molecular weight excluding hydrogens is 386 g/mol. The molecular formula is C18H27N3O4S2. The summed E-state index contributed by atoms with van der Waals surface area (Å²) in [4.78, 5) is 16.6. The average molecular weight is 414 g/mol. The van der Waals surface area contributed by atoms with Crippen molar-refractivity contribution < 1.29 is 17.9 Å². The van der Waals surface area contributed by atoms with Crippen LogP contribution in [0.4, 0.5) is 0 Å². The molecule has 2 heterocycles. The fourth-order valence-electron chi connectivity index (χ4n) is 3.46. The summed E-state index contributed by atoms with van der Waals surface area (Å²) in [6, 6.07) is 3.48. The minimum atomic E-state index is -3.53. The third-order valence-electron chi connectivity index (χ3n) is 5.13. The molecule has 0 bridgehead atoms. The monoisotopic (exact) mass is 413 g/mol. The lowest BCUT2D eigenvalue weighted by Crippen LogP contribution is -2.41. The maximum Gasteiger partial charge on any atom is 0.244 e. The van der Waals surface area contributed by atoms with Gasteiger partial charge in [-0.05, 0) is 30.9 Å². The predicted octanol–water partition coefficient (Wildman–Crippen LogP) is 1.89. The van der Waals surface area contributed by atoms with Gasteiger partial charge < -0.3 is 10.1 Å². The van der Waals surface area contributed by atoms with E-state index >= 15 is 0 Å². The van der Waals surface area contributed by atoms with E-state index in [4.69, 9.17) is 4.74 Å². The highest BCUT2D eigenvalue weighted by Gasteiger charge is 2.26. The van der Waals surface area contributed by atoms with Crippen LogP contribution in [0.3, 0.4) is 0 Å². The Balaban J connectivity index is 1.52. The molecule has 1 aromatic rings. The van der Waals surface area contributed by atoms with Crippen LogP contribution in [0.15, 0.2) is 28.3 Å². The minimum absolute atomic E-state index is 0.00515. The number of hydrogen-bond acceptors (Lipinski definition) is 6. The van der Waals surface area contributed by atoms with E-state index in [1.54, 1.807) is 12.1 Å². The second-order valence-corrected chi connectivity index (χ2v) is 10.0. The number of amides is 1. The number of sulfonamides is 1. The molecule has 1 N–H and O–H groups in total. The Bertz CT molecular complexity index is 733. The Hall–Kier alpha value is -1.16. The molecule has 1 aromatic heterocycles. The van der Waals surface area contributed by atoms with Crippen LogP contribution in [0.5, 0.6) is 0 Å². The maximum absolute atomic E-state index is 12.6. The van der Waals surface area contributed by atoms with Crippen molar-refractivity contribution in [2.45, 2.75) is 48.6 Å². The average Bonchev–Trinajstić information content (AvgIpc) is 2.69. The van der Waals surface area contributed by atoms with Gasteiger partial charge in [-0.3, -0.25) is 4.79 Å². The van der Waals surface area contributed by atoms with E-state index in [2.05, 4.69) is 17.2 Å². The van der Waals surface area contributed by atoms with Crippen LogP contribution in [0.2, 0.25) is 0 Å². The molecule has 1 aliphatic carbocycles. The van der Waals surface area contributed by atoms with Crippen LogP contribution in [-0.4, -0.2) is 61.7 Å². The van der Waals surface area contributed by atoms with E-state index in [0.717, 1.165) is 6.42 Å². The van der Waals surface area contributed by atoms with Gasteiger partial charge in [0.05, 0.1) is 24.0 Å². The third-order valence-corrected chi connectivity index (χ3v) is 7.95. The fraction of sp³-hybridized carbons (Fsp3) is 0.667. The highest BCUT2D eigenvalue weighted by atomic mass is 32.2. The largest absolute Gasteiger partial charge is 0.379 e. The number of nitrogens with zero attached hydrogens (tertiary/aromatic N) is 2. The van der Waals surface area contributed by atoms with Crippen LogP contribution >= 0.6 is 11.8 Å². The zero-order chi connectivity index (χ0) is 19.3. The number of pyridine rings is 1. The van der Waals surface area contributed by atoms with E-state index in [0.29, 0.717) is 37.2 Å². The van der Waals surface area contributed by atoms with Crippen molar-refractivity contribution in [3.63, 3.8) is 0 Å². The van der Waals surface area contributed by atoms with Gasteiger partial charge in [-0.1, -0.05) is 31.5 Å². The number of nitrogens with one attached hydrogen (secondary N) is 1. The molecule has 27 heavy (non-hydrogen) atoms. The molecule has 1 aliphatic heterocycles. The number of hydrogen-bond donors (Lipinski definition) is 1. The number of rotatable bonds is 6. The van der Waals surface area contributed by atoms with Gasteiger partial charge >= 0.3 is 0 Å². The van der Waals surface area contributed by atoms with Crippen molar-refractivity contribution in [1.29, 1.82) is 0 Å². The molecule has 150 valence electrons. The summed E-state index contributed by atoms with van der Waals surface area (Å²) in [6.45, 7) is 3.73. The number of ether oxygens (including phenoxy) is 1. The molecule has 1 amide bonds. The molecule has 2 fully saturated rings. The first-order valence-electron chi connectivity index (χ1n) is 9.43. The molecule has 0 aromatic carbocycles. The van der Waals surface area contributed by atoms with E-state index in [-0.39, 0.29) is 22.6 Å². The van der Waals surface area contributed by atoms with Gasteiger partial charge in [-0.25, -0.2) is 13.4 Å². The molecule has 9 heteroatoms. The molecule has 0 radical (unpaired) electrons. The number of carbonyl (C=O) groups excluding carboxylic acids is 1. The summed E-state index contributed by atoms with van der Waals surface area (Å²) in [6.07, 6.45) is 5.99. The Labute approximate surface area is 165 Å². The first-order chi connectivity index (χ1) is 13.0. The summed E-state index contributed by atoms with van der Waals surface area (Å²) in [7, 11) is -3.53. The van der Waals surface area contributed by atoms with Crippen LogP contribution in [0, 0.1) is 5.92 Å². The number of aromatic nitrogens is 1. The SMILES string of the molecule is C[C@@H]1CCCC[C@@H]1NC(=O)CSc1ccc(S(=O)(=O)N2CCOCC2)cn1. The summed E-state index contributed by atoms with van der Waals surface area (Å²) in [5.74, 6) is 0.812. The Morgan fingerprint density at radius 1 is 1.30 bits per heavy atom. The molecule has 1 saturated heterocycles. The lowest BCUT2D eigenvalue weighted by molar-refractivity contribution is -0.119. The van der Waals surface area contributed by atoms with Crippen molar-refractivity contribution in [3.8, 4) is 0 Å². The normalized spacial score (nSPS) is 24.5. The first-order valence-corrected chi connectivity index (χ1v) is 11.9. The molecule has 0 spiro atoms. The van der Waals surface area contributed by atoms with E-state index in [9.17, 15) is 13.2 Å². The highest BCUT2D eigenvalue weighted by Crippen LogP contribution is 2.24. The minimum Gasteiger partial charge on any atom is -0.379 e. The second kappa shape index (κ2) is 9.36. The molecule has 2 atom stereocenters. The highest BCUT2D eigenvalue weighted by molar-refractivity contribution is 7.99.